The summed E-state index contributed by atoms with van der Waals surface area (Å²) >= 11 is 0. The lowest BCUT2D eigenvalue weighted by Crippen LogP contribution is -2.23. The van der Waals surface area contributed by atoms with Gasteiger partial charge in [-0.1, -0.05) is 12.1 Å². The number of para-hydroxylation sites is 2. The van der Waals surface area contributed by atoms with Gasteiger partial charge in [0.1, 0.15) is 12.4 Å². The van der Waals surface area contributed by atoms with Gasteiger partial charge in [-0.25, -0.2) is 4.98 Å². The van der Waals surface area contributed by atoms with Crippen LogP contribution >= 0.6 is 0 Å². The summed E-state index contributed by atoms with van der Waals surface area (Å²) in [4.78, 5) is 4.27. The van der Waals surface area contributed by atoms with Crippen molar-refractivity contribution in [2.45, 2.75) is 31.6 Å². The monoisotopic (exact) mass is 301 g/mol. The molecule has 0 saturated carbocycles. The maximum absolute atomic E-state index is 12.8. The first kappa shape index (κ1) is 15.8. The number of hydrogen-bond donors (Lipinski definition) is 1. The van der Waals surface area contributed by atoms with Crippen molar-refractivity contribution in [3.63, 3.8) is 0 Å². The van der Waals surface area contributed by atoms with Gasteiger partial charge in [-0.3, -0.25) is 0 Å². The fourth-order valence-corrected chi connectivity index (χ4v) is 2.30. The number of halogens is 3. The standard InChI is InChI=1S/C14H18F3N3O/c1-21-8-4-5-10(18)13-19-11-6-2-3-7-12(11)20(13)9-14(15,16)17/h2-3,6-7,10H,4-5,8-9,18H2,1H3. The second-order valence-corrected chi connectivity index (χ2v) is 4.90. The number of nitrogens with zero attached hydrogens (tertiary/aromatic N) is 2. The van der Waals surface area contributed by atoms with Crippen molar-refractivity contribution in [3.05, 3.63) is 30.1 Å². The third kappa shape index (κ3) is 3.95. The van der Waals surface area contributed by atoms with Crippen LogP contribution in [0, 0.1) is 0 Å². The molecule has 7 heteroatoms. The Bertz CT molecular complexity index is 595. The van der Waals surface area contributed by atoms with Crippen LogP contribution in [0.25, 0.3) is 11.0 Å². The highest BCUT2D eigenvalue weighted by Crippen LogP contribution is 2.27. The first-order valence-corrected chi connectivity index (χ1v) is 6.69. The van der Waals surface area contributed by atoms with Crippen molar-refractivity contribution in [2.75, 3.05) is 13.7 Å². The summed E-state index contributed by atoms with van der Waals surface area (Å²) in [6.07, 6.45) is -3.12. The molecular weight excluding hydrogens is 283 g/mol. The largest absolute Gasteiger partial charge is 0.406 e. The predicted molar refractivity (Wildman–Crippen MR) is 73.8 cm³/mol. The number of fused-ring (bicyclic) bond motifs is 1. The highest BCUT2D eigenvalue weighted by atomic mass is 19.4. The first-order chi connectivity index (χ1) is 9.92. The maximum Gasteiger partial charge on any atom is 0.406 e. The molecule has 1 aromatic heterocycles. The predicted octanol–water partition coefficient (Wildman–Crippen LogP) is 3.03. The van der Waals surface area contributed by atoms with Crippen LogP contribution in [-0.4, -0.2) is 29.4 Å². The Balaban J connectivity index is 2.34. The van der Waals surface area contributed by atoms with Gasteiger partial charge >= 0.3 is 6.18 Å². The molecule has 1 aromatic carbocycles. The number of rotatable bonds is 6. The third-order valence-electron chi connectivity index (χ3n) is 3.22. The molecule has 0 radical (unpaired) electrons. The summed E-state index contributed by atoms with van der Waals surface area (Å²) in [5, 5.41) is 0. The van der Waals surface area contributed by atoms with Crippen molar-refractivity contribution in [1.29, 1.82) is 0 Å². The Morgan fingerprint density at radius 1 is 1.33 bits per heavy atom. The van der Waals surface area contributed by atoms with Gasteiger partial charge in [0.25, 0.3) is 0 Å². The van der Waals surface area contributed by atoms with Crippen LogP contribution in [0.15, 0.2) is 24.3 Å². The van der Waals surface area contributed by atoms with E-state index in [9.17, 15) is 13.2 Å². The van der Waals surface area contributed by atoms with E-state index in [0.29, 0.717) is 30.5 Å². The Labute approximate surface area is 120 Å². The van der Waals surface area contributed by atoms with Gasteiger partial charge in [-0.15, -0.1) is 0 Å². The molecule has 0 fully saturated rings. The lowest BCUT2D eigenvalue weighted by Gasteiger charge is -2.16. The van der Waals surface area contributed by atoms with Gasteiger partial charge in [0.15, 0.2) is 0 Å². The Kier molecular flexibility index (Phi) is 4.84. The van der Waals surface area contributed by atoms with Gasteiger partial charge in [-0.05, 0) is 25.0 Å². The van der Waals surface area contributed by atoms with Crippen LogP contribution < -0.4 is 5.73 Å². The fraction of sp³-hybridized carbons (Fsp3) is 0.500. The van der Waals surface area contributed by atoms with Crippen LogP contribution in [0.4, 0.5) is 13.2 Å². The third-order valence-corrected chi connectivity index (χ3v) is 3.22. The summed E-state index contributed by atoms with van der Waals surface area (Å²) in [5.41, 5.74) is 6.99. The zero-order chi connectivity index (χ0) is 15.5. The molecule has 1 unspecified atom stereocenters. The minimum atomic E-state index is -4.32. The average molecular weight is 301 g/mol. The van der Waals surface area contributed by atoms with Gasteiger partial charge < -0.3 is 15.0 Å². The van der Waals surface area contributed by atoms with E-state index in [0.717, 1.165) is 4.57 Å². The highest BCUT2D eigenvalue weighted by Gasteiger charge is 2.31. The maximum atomic E-state index is 12.8. The minimum Gasteiger partial charge on any atom is -0.385 e. The molecule has 1 heterocycles. The molecule has 0 saturated heterocycles. The quantitative estimate of drug-likeness (QED) is 0.834. The van der Waals surface area contributed by atoms with E-state index in [1.807, 2.05) is 0 Å². The van der Waals surface area contributed by atoms with Crippen LogP contribution in [0.3, 0.4) is 0 Å². The highest BCUT2D eigenvalue weighted by molar-refractivity contribution is 5.76. The normalized spacial score (nSPS) is 13.8. The molecule has 21 heavy (non-hydrogen) atoms. The SMILES string of the molecule is COCCCC(N)c1nc2ccccc2n1CC(F)(F)F. The second-order valence-electron chi connectivity index (χ2n) is 4.90. The Morgan fingerprint density at radius 2 is 2.05 bits per heavy atom. The number of imidazole rings is 1. The second kappa shape index (κ2) is 6.44. The fourth-order valence-electron chi connectivity index (χ4n) is 2.30. The Hall–Kier alpha value is -1.60. The van der Waals surface area contributed by atoms with E-state index < -0.39 is 18.8 Å². The zero-order valence-corrected chi connectivity index (χ0v) is 11.7. The van der Waals surface area contributed by atoms with E-state index in [1.165, 1.54) is 0 Å². The number of methoxy groups -OCH3 is 1. The molecule has 0 aliphatic heterocycles. The van der Waals surface area contributed by atoms with Crippen LogP contribution in [0.2, 0.25) is 0 Å². The Morgan fingerprint density at radius 3 is 2.71 bits per heavy atom. The van der Waals surface area contributed by atoms with E-state index in [2.05, 4.69) is 4.98 Å². The molecule has 0 amide bonds. The number of hydrogen-bond acceptors (Lipinski definition) is 3. The number of nitrogens with two attached hydrogens (primary N) is 1. The van der Waals surface area contributed by atoms with Crippen molar-refractivity contribution >= 4 is 11.0 Å². The van der Waals surface area contributed by atoms with E-state index in [-0.39, 0.29) is 5.82 Å². The first-order valence-electron chi connectivity index (χ1n) is 6.69. The van der Waals surface area contributed by atoms with Crippen LogP contribution in [-0.2, 0) is 11.3 Å². The summed E-state index contributed by atoms with van der Waals surface area (Å²) in [6, 6.07) is 6.20. The van der Waals surface area contributed by atoms with Crippen LogP contribution in [0.1, 0.15) is 24.7 Å². The van der Waals surface area contributed by atoms with Crippen molar-refractivity contribution < 1.29 is 17.9 Å². The number of benzene rings is 1. The molecule has 4 nitrogen and oxygen atoms in total. The van der Waals surface area contributed by atoms with Crippen molar-refractivity contribution in [2.24, 2.45) is 5.73 Å². The van der Waals surface area contributed by atoms with Crippen molar-refractivity contribution in [3.8, 4) is 0 Å². The number of alkyl halides is 3. The minimum absolute atomic E-state index is 0.268. The van der Waals surface area contributed by atoms with E-state index in [4.69, 9.17) is 10.5 Å². The molecule has 0 bridgehead atoms. The lowest BCUT2D eigenvalue weighted by molar-refractivity contribution is -0.140. The van der Waals surface area contributed by atoms with Crippen LogP contribution in [0.5, 0.6) is 0 Å². The smallest absolute Gasteiger partial charge is 0.385 e. The molecule has 116 valence electrons. The number of aromatic nitrogens is 2. The molecule has 2 rings (SSSR count). The van der Waals surface area contributed by atoms with Crippen molar-refractivity contribution in [1.82, 2.24) is 9.55 Å². The topological polar surface area (TPSA) is 53.1 Å². The zero-order valence-electron chi connectivity index (χ0n) is 11.7. The summed E-state index contributed by atoms with van der Waals surface area (Å²) in [6.45, 7) is -0.561. The van der Waals surface area contributed by atoms with Gasteiger partial charge in [-0.2, -0.15) is 13.2 Å². The molecule has 1 atom stereocenters. The summed E-state index contributed by atoms with van der Waals surface area (Å²) < 4.78 is 44.5. The molecular formula is C14H18F3N3O. The number of ether oxygens (including phenoxy) is 1. The summed E-state index contributed by atoms with van der Waals surface area (Å²) in [5.74, 6) is 0.268. The molecule has 2 aromatic rings. The van der Waals surface area contributed by atoms with Gasteiger partial charge in [0, 0.05) is 13.7 Å². The lowest BCUT2D eigenvalue weighted by atomic mass is 10.1. The molecule has 2 N–H and O–H groups in total. The average Bonchev–Trinajstić information content (AvgIpc) is 2.76. The molecule has 0 spiro atoms. The van der Waals surface area contributed by atoms with E-state index >= 15 is 0 Å². The van der Waals surface area contributed by atoms with E-state index in [1.54, 1.807) is 31.4 Å². The molecule has 0 aliphatic carbocycles. The summed E-state index contributed by atoms with van der Waals surface area (Å²) in [7, 11) is 1.57. The van der Waals surface area contributed by atoms with Gasteiger partial charge in [0.05, 0.1) is 17.1 Å². The molecule has 0 aliphatic rings. The van der Waals surface area contributed by atoms with Gasteiger partial charge in [0.2, 0.25) is 0 Å².